The van der Waals surface area contributed by atoms with Crippen molar-refractivity contribution in [2.24, 2.45) is 0 Å². The Morgan fingerprint density at radius 2 is 2.00 bits per heavy atom. The van der Waals surface area contributed by atoms with Crippen molar-refractivity contribution in [1.82, 2.24) is 9.88 Å². The Hall–Kier alpha value is -1.41. The molecule has 4 rings (SSSR count). The number of nitrogens with zero attached hydrogens (tertiary/aromatic N) is 2. The Kier molecular flexibility index (Phi) is 2.43. The molecule has 2 aliphatic rings. The van der Waals surface area contributed by atoms with E-state index in [0.717, 1.165) is 19.1 Å². The normalized spacial score (nSPS) is 19.3. The van der Waals surface area contributed by atoms with Crippen LogP contribution in [0.5, 0.6) is 0 Å². The van der Waals surface area contributed by atoms with Gasteiger partial charge >= 0.3 is 0 Å². The van der Waals surface area contributed by atoms with Gasteiger partial charge in [0, 0.05) is 24.5 Å². The summed E-state index contributed by atoms with van der Waals surface area (Å²) in [5, 5.41) is 1.29. The quantitative estimate of drug-likeness (QED) is 0.807. The van der Waals surface area contributed by atoms with E-state index < -0.39 is 0 Å². The fourth-order valence-electron chi connectivity index (χ4n) is 3.07. The van der Waals surface area contributed by atoms with Crippen molar-refractivity contribution in [2.45, 2.75) is 51.7 Å². The second kappa shape index (κ2) is 4.04. The lowest BCUT2D eigenvalue weighted by atomic mass is 10.0. The number of fused-ring (bicyclic) bond motifs is 2. The van der Waals surface area contributed by atoms with Gasteiger partial charge in [-0.3, -0.25) is 9.88 Å². The van der Waals surface area contributed by atoms with Crippen LogP contribution < -0.4 is 0 Å². The minimum atomic E-state index is 0.572. The van der Waals surface area contributed by atoms with E-state index in [-0.39, 0.29) is 0 Å². The highest BCUT2D eigenvalue weighted by atomic mass is 15.2. The highest BCUT2D eigenvalue weighted by Crippen LogP contribution is 2.35. The molecule has 0 unspecified atom stereocenters. The second-order valence-corrected chi connectivity index (χ2v) is 6.34. The molecule has 0 amide bonds. The van der Waals surface area contributed by atoms with Gasteiger partial charge in [0.15, 0.2) is 0 Å². The zero-order valence-corrected chi connectivity index (χ0v) is 11.7. The summed E-state index contributed by atoms with van der Waals surface area (Å²) in [5.74, 6) is 0.572. The first kappa shape index (κ1) is 11.4. The Bertz CT molecular complexity index is 641. The number of pyridine rings is 1. The van der Waals surface area contributed by atoms with Gasteiger partial charge in [0.05, 0.1) is 11.2 Å². The van der Waals surface area contributed by atoms with Crippen LogP contribution in [0.2, 0.25) is 0 Å². The summed E-state index contributed by atoms with van der Waals surface area (Å²) in [6.45, 7) is 6.64. The molecular weight excluding hydrogens is 232 g/mol. The molecule has 0 atom stereocenters. The summed E-state index contributed by atoms with van der Waals surface area (Å²) in [5.41, 5.74) is 5.30. The van der Waals surface area contributed by atoms with Crippen LogP contribution >= 0.6 is 0 Å². The molecule has 2 aromatic rings. The molecule has 0 radical (unpaired) electrons. The molecule has 0 bridgehead atoms. The summed E-state index contributed by atoms with van der Waals surface area (Å²) >= 11 is 0. The molecular formula is C17H20N2. The first-order valence-electron chi connectivity index (χ1n) is 7.37. The zero-order valence-electron chi connectivity index (χ0n) is 11.7. The molecule has 2 heteroatoms. The average molecular weight is 252 g/mol. The fourth-order valence-corrected chi connectivity index (χ4v) is 3.07. The van der Waals surface area contributed by atoms with Crippen molar-refractivity contribution < 1.29 is 0 Å². The Morgan fingerprint density at radius 1 is 1.16 bits per heavy atom. The van der Waals surface area contributed by atoms with Crippen LogP contribution in [0.3, 0.4) is 0 Å². The lowest BCUT2D eigenvalue weighted by Gasteiger charge is -2.11. The molecule has 1 aliphatic heterocycles. The van der Waals surface area contributed by atoms with E-state index in [1.54, 1.807) is 0 Å². The highest BCUT2D eigenvalue weighted by Gasteiger charge is 2.33. The minimum absolute atomic E-state index is 0.572. The van der Waals surface area contributed by atoms with Crippen molar-refractivity contribution in [3.05, 3.63) is 41.1 Å². The van der Waals surface area contributed by atoms with Gasteiger partial charge < -0.3 is 0 Å². The maximum absolute atomic E-state index is 4.92. The number of benzene rings is 1. The fraction of sp³-hybridized carbons (Fsp3) is 0.471. The molecule has 0 spiro atoms. The van der Waals surface area contributed by atoms with Gasteiger partial charge in [-0.1, -0.05) is 26.0 Å². The Labute approximate surface area is 114 Å². The number of hydrogen-bond donors (Lipinski definition) is 0. The lowest BCUT2D eigenvalue weighted by Crippen LogP contribution is -2.18. The van der Waals surface area contributed by atoms with Crippen LogP contribution in [0, 0.1) is 0 Å². The number of rotatable bonds is 2. The van der Waals surface area contributed by atoms with Crippen LogP contribution in [0.15, 0.2) is 24.3 Å². The van der Waals surface area contributed by atoms with Crippen molar-refractivity contribution in [1.29, 1.82) is 0 Å². The first-order chi connectivity index (χ1) is 9.20. The zero-order chi connectivity index (χ0) is 13.0. The summed E-state index contributed by atoms with van der Waals surface area (Å²) in [7, 11) is 0. The van der Waals surface area contributed by atoms with E-state index in [4.69, 9.17) is 4.98 Å². The topological polar surface area (TPSA) is 16.1 Å². The van der Waals surface area contributed by atoms with Gasteiger partial charge in [-0.2, -0.15) is 0 Å². The predicted molar refractivity (Wildman–Crippen MR) is 78.1 cm³/mol. The molecule has 1 aliphatic carbocycles. The Balaban J connectivity index is 1.76. The molecule has 1 aromatic carbocycles. The molecule has 19 heavy (non-hydrogen) atoms. The molecule has 2 nitrogen and oxygen atoms in total. The van der Waals surface area contributed by atoms with E-state index in [1.807, 2.05) is 0 Å². The molecule has 1 aromatic heterocycles. The third-order valence-electron chi connectivity index (χ3n) is 4.47. The van der Waals surface area contributed by atoms with Gasteiger partial charge in [-0.25, -0.2) is 0 Å². The van der Waals surface area contributed by atoms with Crippen molar-refractivity contribution in [3.63, 3.8) is 0 Å². The number of hydrogen-bond acceptors (Lipinski definition) is 2. The van der Waals surface area contributed by atoms with Gasteiger partial charge in [0.1, 0.15) is 0 Å². The van der Waals surface area contributed by atoms with Gasteiger partial charge in [0.25, 0.3) is 0 Å². The van der Waals surface area contributed by atoms with Crippen LogP contribution in [0.25, 0.3) is 10.9 Å². The maximum atomic E-state index is 4.92. The van der Waals surface area contributed by atoms with Crippen molar-refractivity contribution in [2.75, 3.05) is 0 Å². The average Bonchev–Trinajstić information content (AvgIpc) is 3.16. The lowest BCUT2D eigenvalue weighted by molar-refractivity contribution is 0.272. The van der Waals surface area contributed by atoms with E-state index in [1.165, 1.54) is 40.6 Å². The monoisotopic (exact) mass is 252 g/mol. The molecule has 98 valence electrons. The third kappa shape index (κ3) is 1.95. The largest absolute Gasteiger partial charge is 0.290 e. The Morgan fingerprint density at radius 3 is 2.74 bits per heavy atom. The van der Waals surface area contributed by atoms with Crippen molar-refractivity contribution >= 4 is 10.9 Å². The van der Waals surface area contributed by atoms with E-state index >= 15 is 0 Å². The molecule has 0 saturated heterocycles. The summed E-state index contributed by atoms with van der Waals surface area (Å²) in [6.07, 6.45) is 2.76. The van der Waals surface area contributed by atoms with Gasteiger partial charge in [0.2, 0.25) is 0 Å². The predicted octanol–water partition coefficient (Wildman–Crippen LogP) is 3.84. The standard InChI is InChI=1S/C17H20N2/c1-11(2)12-3-4-13-7-14-9-19(15-5-6-15)10-17(14)18-16(13)8-12/h3-4,7-8,11,15H,5-6,9-10H2,1-2H3. The molecule has 1 fully saturated rings. The first-order valence-corrected chi connectivity index (χ1v) is 7.37. The SMILES string of the molecule is CC(C)c1ccc2cc3c(nc2c1)CN(C1CC1)C3. The van der Waals surface area contributed by atoms with Crippen LogP contribution in [-0.4, -0.2) is 15.9 Å². The van der Waals surface area contributed by atoms with Crippen molar-refractivity contribution in [3.8, 4) is 0 Å². The van der Waals surface area contributed by atoms with Gasteiger partial charge in [-0.15, -0.1) is 0 Å². The minimum Gasteiger partial charge on any atom is -0.290 e. The number of aromatic nitrogens is 1. The highest BCUT2D eigenvalue weighted by molar-refractivity contribution is 5.80. The smallest absolute Gasteiger partial charge is 0.0708 e. The summed E-state index contributed by atoms with van der Waals surface area (Å²) < 4.78 is 0. The van der Waals surface area contributed by atoms with E-state index in [9.17, 15) is 0 Å². The molecule has 0 N–H and O–H groups in total. The molecule has 1 saturated carbocycles. The summed E-state index contributed by atoms with van der Waals surface area (Å²) in [6, 6.07) is 9.93. The molecule has 2 heterocycles. The van der Waals surface area contributed by atoms with E-state index in [0.29, 0.717) is 5.92 Å². The van der Waals surface area contributed by atoms with E-state index in [2.05, 4.69) is 43.0 Å². The van der Waals surface area contributed by atoms with Crippen LogP contribution in [0.1, 0.15) is 49.4 Å². The van der Waals surface area contributed by atoms with Crippen LogP contribution in [-0.2, 0) is 13.1 Å². The van der Waals surface area contributed by atoms with Gasteiger partial charge in [-0.05, 0) is 42.0 Å². The summed E-state index contributed by atoms with van der Waals surface area (Å²) in [4.78, 5) is 7.50. The maximum Gasteiger partial charge on any atom is 0.0708 e. The van der Waals surface area contributed by atoms with Crippen LogP contribution in [0.4, 0.5) is 0 Å². The third-order valence-corrected chi connectivity index (χ3v) is 4.47. The second-order valence-electron chi connectivity index (χ2n) is 6.34.